The molecule has 0 fully saturated rings. The van der Waals surface area contributed by atoms with Crippen molar-refractivity contribution in [2.45, 2.75) is 112 Å². The zero-order valence-corrected chi connectivity index (χ0v) is 69.5. The van der Waals surface area contributed by atoms with Gasteiger partial charge in [0.15, 0.2) is 0 Å². The van der Waals surface area contributed by atoms with Crippen LogP contribution < -0.4 is 26.2 Å². The Hall–Kier alpha value is -13.4. The maximum atomic E-state index is 9.22. The van der Waals surface area contributed by atoms with E-state index in [2.05, 4.69) is 401 Å². The minimum absolute atomic E-state index is 0.141. The third kappa shape index (κ3) is 12.2. The zero-order valence-electron chi connectivity index (χ0n) is 72.5. The summed E-state index contributed by atoms with van der Waals surface area (Å²) in [6, 6.07) is 123. The number of furan rings is 2. The maximum absolute atomic E-state index is 9.22. The summed E-state index contributed by atoms with van der Waals surface area (Å²) in [7, 11) is 0. The highest BCUT2D eigenvalue weighted by Crippen LogP contribution is 2.58. The lowest BCUT2D eigenvalue weighted by Crippen LogP contribution is -2.61. The Bertz CT molecular complexity index is 7290. The fraction of sp³-hybridized carbons (Fsp3) is 0.150. The number of benzene rings is 16. The average Bonchev–Trinajstić information content (AvgIpc) is 0.795. The van der Waals surface area contributed by atoms with Crippen molar-refractivity contribution in [3.8, 4) is 83.6 Å². The Balaban J connectivity index is 0.999. The number of nitrogens with zero attached hydrogens (tertiary/aromatic N) is 3. The number of anilines is 6. The van der Waals surface area contributed by atoms with E-state index in [4.69, 9.17) is 8.83 Å². The van der Waals surface area contributed by atoms with Gasteiger partial charge in [0.25, 0.3) is 6.71 Å². The highest BCUT2D eigenvalue weighted by atomic mass is 16.3. The van der Waals surface area contributed by atoms with E-state index in [9.17, 15) is 4.11 Å². The van der Waals surface area contributed by atoms with Crippen molar-refractivity contribution in [2.24, 2.45) is 0 Å². The molecule has 0 unspecified atom stereocenters. The van der Waals surface area contributed by atoms with E-state index >= 15 is 0 Å². The number of aryl methyl sites for hydroxylation is 1. The quantitative estimate of drug-likeness (QED) is 0.128. The van der Waals surface area contributed by atoms with Gasteiger partial charge in [-0.05, 0) is 225 Å². The number of fused-ring (bicyclic) bond motifs is 13. The molecular weight excluding hydrogens is 1440 g/mol. The first-order valence-corrected chi connectivity index (χ1v) is 41.9. The summed E-state index contributed by atoms with van der Waals surface area (Å²) in [5.74, 6) is 0. The van der Waals surface area contributed by atoms with Gasteiger partial charge >= 0.3 is 0 Å². The number of para-hydroxylation sites is 3. The van der Waals surface area contributed by atoms with Crippen LogP contribution in [0, 0.1) is 6.85 Å². The number of aromatic nitrogens is 1. The van der Waals surface area contributed by atoms with Gasteiger partial charge in [0.1, 0.15) is 22.3 Å². The summed E-state index contributed by atoms with van der Waals surface area (Å²) >= 11 is 0. The van der Waals surface area contributed by atoms with Crippen molar-refractivity contribution in [1.82, 2.24) is 4.57 Å². The molecule has 0 radical (unpaired) electrons. The Kier molecular flexibility index (Phi) is 16.0. The van der Waals surface area contributed by atoms with E-state index in [1.54, 1.807) is 0 Å². The van der Waals surface area contributed by atoms with Crippen LogP contribution in [0.4, 0.5) is 34.1 Å². The molecule has 5 nitrogen and oxygen atoms in total. The fourth-order valence-corrected chi connectivity index (χ4v) is 19.1. The molecule has 2 aliphatic rings. The lowest BCUT2D eigenvalue weighted by atomic mass is 9.33. The SMILES string of the molecule is [2H]C([2H])([2H])c1cc(-c2ccccc2)cc(-c2ccc3c(c2)B2c4ccc(-c5cccc(C(C)(C)C)c5)cc4N(c4c(-c5ccccc5)cc(C(C)(C)C)cc4-c4ccccc4)c4cc(-n5c6ccccc6c6cc(C(C)(C)C)ccc65)cc(c42)N3c2c(-c3cccc4oc5ccccc5c34)cc(C(C)(C)C)cc2-c2cccc3oc4ccccc4c23)c1. The Morgan fingerprint density at radius 2 is 0.714 bits per heavy atom. The standard InChI is InChI=1S/C113H94BN3O2/c1-69-56-76(70-32-17-14-18-33-70)58-77(57-69)74-51-54-97-94(60-74)114-93-53-50-75(73-38-29-39-78(59-73)110(2,3)4)61-98(93)117(108-88(71-34-19-15-20-35-71)63-80(112(8,9)10)64-89(108)72-36-21-16-22-37-72)100-68-82(115-95-45-26-23-40-83(95)90-62-79(111(5,6)7)52-55-96(90)115)67-99(107(100)114)116(97)109-91(84-43-30-48-103-105(84)86-41-24-27-46-101(86)118-103)65-81(113(11,12)13)66-92(109)85-44-31-49-104-106(85)87-42-25-28-47-102(87)119-104/h14-68H,1-13H3/i1D3. The van der Waals surface area contributed by atoms with Crippen molar-refractivity contribution < 1.29 is 12.9 Å². The fourth-order valence-electron chi connectivity index (χ4n) is 19.1. The Labute approximate surface area is 702 Å². The van der Waals surface area contributed by atoms with Crippen LogP contribution in [0.1, 0.15) is 115 Å². The predicted molar refractivity (Wildman–Crippen MR) is 507 cm³/mol. The molecule has 16 aromatic carbocycles. The molecule has 0 saturated heterocycles. The molecular formula is C113H94BN3O2. The molecule has 0 saturated carbocycles. The highest BCUT2D eigenvalue weighted by Gasteiger charge is 2.47. The number of hydrogen-bond acceptors (Lipinski definition) is 4. The van der Waals surface area contributed by atoms with Crippen LogP contribution in [0.15, 0.2) is 342 Å². The molecule has 3 aromatic heterocycles. The van der Waals surface area contributed by atoms with Crippen molar-refractivity contribution in [2.75, 3.05) is 9.80 Å². The highest BCUT2D eigenvalue weighted by molar-refractivity contribution is 7.00. The van der Waals surface area contributed by atoms with E-state index in [0.29, 0.717) is 0 Å². The second-order valence-electron chi connectivity index (χ2n) is 37.0. The normalized spacial score (nSPS) is 13.5. The van der Waals surface area contributed by atoms with Crippen LogP contribution in [0.5, 0.6) is 0 Å². The molecule has 21 rings (SSSR count). The summed E-state index contributed by atoms with van der Waals surface area (Å²) in [5, 5.41) is 6.41. The second kappa shape index (κ2) is 27.3. The van der Waals surface area contributed by atoms with Crippen molar-refractivity contribution in [1.29, 1.82) is 0 Å². The molecule has 0 atom stereocenters. The topological polar surface area (TPSA) is 37.7 Å². The van der Waals surface area contributed by atoms with Gasteiger partial charge in [-0.25, -0.2) is 0 Å². The molecule has 0 aliphatic carbocycles. The van der Waals surface area contributed by atoms with Gasteiger partial charge in [0, 0.05) is 81.4 Å². The molecule has 119 heavy (non-hydrogen) atoms. The van der Waals surface area contributed by atoms with E-state index in [-0.39, 0.29) is 21.8 Å². The average molecular weight is 1540 g/mol. The zero-order chi connectivity index (χ0) is 83.8. The molecule has 576 valence electrons. The molecule has 0 spiro atoms. The van der Waals surface area contributed by atoms with Crippen LogP contribution in [0.3, 0.4) is 0 Å². The summed E-state index contributed by atoms with van der Waals surface area (Å²) in [4.78, 5) is 5.35. The van der Waals surface area contributed by atoms with E-state index in [1.165, 1.54) is 22.1 Å². The Morgan fingerprint density at radius 1 is 0.269 bits per heavy atom. The molecule has 0 N–H and O–H groups in total. The van der Waals surface area contributed by atoms with Gasteiger partial charge in [0.2, 0.25) is 0 Å². The molecule has 2 aliphatic heterocycles. The predicted octanol–water partition coefficient (Wildman–Crippen LogP) is 29.8. The summed E-state index contributed by atoms with van der Waals surface area (Å²) in [6.07, 6.45) is 0. The first kappa shape index (κ1) is 69.8. The van der Waals surface area contributed by atoms with Crippen LogP contribution in [0.25, 0.3) is 149 Å². The first-order valence-electron chi connectivity index (χ1n) is 43.4. The van der Waals surface area contributed by atoms with Gasteiger partial charge in [-0.3, -0.25) is 0 Å². The van der Waals surface area contributed by atoms with E-state index in [1.807, 2.05) is 30.3 Å². The lowest BCUT2D eigenvalue weighted by molar-refractivity contribution is 0.590. The first-order chi connectivity index (χ1) is 58.7. The van der Waals surface area contributed by atoms with Gasteiger partial charge < -0.3 is 23.2 Å². The van der Waals surface area contributed by atoms with E-state index in [0.717, 1.165) is 200 Å². The molecule has 0 amide bonds. The molecule has 0 bridgehead atoms. The molecule has 6 heteroatoms. The largest absolute Gasteiger partial charge is 0.456 e. The number of rotatable bonds is 10. The van der Waals surface area contributed by atoms with Crippen LogP contribution in [-0.4, -0.2) is 11.3 Å². The van der Waals surface area contributed by atoms with Crippen LogP contribution in [0.2, 0.25) is 0 Å². The summed E-state index contributed by atoms with van der Waals surface area (Å²) in [6.45, 7) is 24.9. The smallest absolute Gasteiger partial charge is 0.252 e. The minimum atomic E-state index is -2.43. The van der Waals surface area contributed by atoms with Crippen molar-refractivity contribution in [3.63, 3.8) is 0 Å². The van der Waals surface area contributed by atoms with Gasteiger partial charge in [-0.2, -0.15) is 0 Å². The van der Waals surface area contributed by atoms with Crippen LogP contribution in [-0.2, 0) is 21.7 Å². The maximum Gasteiger partial charge on any atom is 0.252 e. The van der Waals surface area contributed by atoms with Gasteiger partial charge in [0.05, 0.1) is 28.1 Å². The third-order valence-corrected chi connectivity index (χ3v) is 25.2. The lowest BCUT2D eigenvalue weighted by Gasteiger charge is -2.46. The number of hydrogen-bond donors (Lipinski definition) is 0. The van der Waals surface area contributed by atoms with E-state index < -0.39 is 19.0 Å². The monoisotopic (exact) mass is 1540 g/mol. The second-order valence-corrected chi connectivity index (χ2v) is 37.0. The van der Waals surface area contributed by atoms with Crippen LogP contribution >= 0.6 is 0 Å². The molecule has 19 aromatic rings. The summed E-state index contributed by atoms with van der Waals surface area (Å²) < 4.78 is 44.3. The Morgan fingerprint density at radius 3 is 1.29 bits per heavy atom. The summed E-state index contributed by atoms with van der Waals surface area (Å²) in [5.41, 5.74) is 33.8. The third-order valence-electron chi connectivity index (χ3n) is 25.2. The minimum Gasteiger partial charge on any atom is -0.456 e. The molecule has 5 heterocycles. The van der Waals surface area contributed by atoms with Gasteiger partial charge in [-0.1, -0.05) is 320 Å². The van der Waals surface area contributed by atoms with Crippen molar-refractivity contribution >= 4 is 123 Å². The van der Waals surface area contributed by atoms with Crippen molar-refractivity contribution in [3.05, 3.63) is 361 Å². The van der Waals surface area contributed by atoms with Gasteiger partial charge in [-0.15, -0.1) is 0 Å².